The van der Waals surface area contributed by atoms with Gasteiger partial charge in [0.2, 0.25) is 0 Å². The minimum absolute atomic E-state index is 0.931. The largest absolute Gasteiger partial charge is 0.384 e. The van der Waals surface area contributed by atoms with Crippen molar-refractivity contribution in [3.63, 3.8) is 0 Å². The van der Waals surface area contributed by atoms with E-state index in [9.17, 15) is 0 Å². The van der Waals surface area contributed by atoms with E-state index in [0.717, 1.165) is 17.6 Å². The van der Waals surface area contributed by atoms with Crippen molar-refractivity contribution in [2.24, 2.45) is 0 Å². The Hall–Kier alpha value is -0.570. The van der Waals surface area contributed by atoms with Gasteiger partial charge in [-0.25, -0.2) is 4.98 Å². The van der Waals surface area contributed by atoms with E-state index in [0.29, 0.717) is 0 Å². The first-order valence-corrected chi connectivity index (χ1v) is 4.55. The summed E-state index contributed by atoms with van der Waals surface area (Å²) in [5.74, 6) is 0. The van der Waals surface area contributed by atoms with Crippen molar-refractivity contribution < 1.29 is 0 Å². The highest BCUT2D eigenvalue weighted by Gasteiger charge is 2.08. The molecule has 1 aliphatic heterocycles. The molecule has 0 bridgehead atoms. The highest BCUT2D eigenvalue weighted by molar-refractivity contribution is 9.10. The molecule has 0 spiro atoms. The van der Waals surface area contributed by atoms with E-state index in [1.54, 1.807) is 0 Å². The Morgan fingerprint density at radius 2 is 2.36 bits per heavy atom. The Morgan fingerprint density at radius 3 is 3.27 bits per heavy atom. The molecule has 1 aromatic rings. The molecule has 3 heteroatoms. The van der Waals surface area contributed by atoms with Crippen molar-refractivity contribution in [1.29, 1.82) is 0 Å². The molecule has 0 atom stereocenters. The van der Waals surface area contributed by atoms with Crippen molar-refractivity contribution in [1.82, 2.24) is 4.98 Å². The maximum absolute atomic E-state index is 4.37. The van der Waals surface area contributed by atoms with Gasteiger partial charge < -0.3 is 5.32 Å². The summed E-state index contributed by atoms with van der Waals surface area (Å²) in [5, 5.41) is 3.31. The second-order valence-electron chi connectivity index (χ2n) is 2.66. The zero-order chi connectivity index (χ0) is 7.68. The fourth-order valence-electron chi connectivity index (χ4n) is 1.31. The van der Waals surface area contributed by atoms with Crippen LogP contribution >= 0.6 is 15.9 Å². The van der Waals surface area contributed by atoms with Crippen LogP contribution in [0.25, 0.3) is 0 Å². The quantitative estimate of drug-likeness (QED) is 0.668. The van der Waals surface area contributed by atoms with Crippen molar-refractivity contribution in [3.8, 4) is 0 Å². The Bertz CT molecular complexity index is 273. The number of rotatable bonds is 0. The summed E-state index contributed by atoms with van der Waals surface area (Å²) in [4.78, 5) is 4.37. The fourth-order valence-corrected chi connectivity index (χ4v) is 1.65. The molecular weight excluding hydrogens is 204 g/mol. The van der Waals surface area contributed by atoms with Gasteiger partial charge in [0, 0.05) is 6.54 Å². The molecule has 0 amide bonds. The third-order valence-corrected chi connectivity index (χ3v) is 2.29. The van der Waals surface area contributed by atoms with Crippen molar-refractivity contribution in [3.05, 3.63) is 22.4 Å². The lowest BCUT2D eigenvalue weighted by Crippen LogP contribution is -2.12. The van der Waals surface area contributed by atoms with Crippen LogP contribution in [0.5, 0.6) is 0 Å². The van der Waals surface area contributed by atoms with E-state index in [4.69, 9.17) is 0 Å². The number of halogens is 1. The Morgan fingerprint density at radius 1 is 1.45 bits per heavy atom. The van der Waals surface area contributed by atoms with E-state index in [1.165, 1.54) is 17.8 Å². The average Bonchev–Trinajstić information content (AvgIpc) is 2.04. The molecule has 1 aliphatic rings. The van der Waals surface area contributed by atoms with Crippen LogP contribution in [0.15, 0.2) is 16.7 Å². The number of fused-ring (bicyclic) bond motifs is 1. The number of pyridine rings is 1. The maximum atomic E-state index is 4.37. The van der Waals surface area contributed by atoms with Crippen molar-refractivity contribution in [2.45, 2.75) is 12.8 Å². The third kappa shape index (κ3) is 1.38. The molecule has 0 saturated carbocycles. The van der Waals surface area contributed by atoms with Crippen molar-refractivity contribution in [2.75, 3.05) is 11.9 Å². The number of hydrogen-bond acceptors (Lipinski definition) is 2. The summed E-state index contributed by atoms with van der Waals surface area (Å²) < 4.78 is 0.931. The van der Waals surface area contributed by atoms with Crippen LogP contribution in [-0.2, 0) is 6.42 Å². The predicted octanol–water partition coefficient (Wildman–Crippen LogP) is 2.20. The topological polar surface area (TPSA) is 24.9 Å². The second kappa shape index (κ2) is 2.81. The minimum atomic E-state index is 0.931. The van der Waals surface area contributed by atoms with Gasteiger partial charge in [0.25, 0.3) is 0 Å². The molecule has 1 N–H and O–H groups in total. The number of anilines is 1. The lowest BCUT2D eigenvalue weighted by atomic mass is 10.1. The Kier molecular flexibility index (Phi) is 1.82. The molecule has 2 heterocycles. The van der Waals surface area contributed by atoms with Gasteiger partial charge in [-0.05, 0) is 40.9 Å². The summed E-state index contributed by atoms with van der Waals surface area (Å²) in [7, 11) is 0. The number of aryl methyl sites for hydroxylation is 1. The molecular formula is C8H9BrN2. The van der Waals surface area contributed by atoms with Crippen LogP contribution in [0, 0.1) is 0 Å². The first kappa shape index (κ1) is 7.10. The SMILES string of the molecule is Brc1ccc2c(n1)CCCN2. The van der Waals surface area contributed by atoms with Crippen LogP contribution < -0.4 is 5.32 Å². The second-order valence-corrected chi connectivity index (χ2v) is 3.47. The maximum Gasteiger partial charge on any atom is 0.106 e. The Balaban J connectivity index is 2.43. The van der Waals surface area contributed by atoms with Crippen molar-refractivity contribution >= 4 is 21.6 Å². The van der Waals surface area contributed by atoms with Crippen LogP contribution in [-0.4, -0.2) is 11.5 Å². The average molecular weight is 213 g/mol. The van der Waals surface area contributed by atoms with Gasteiger partial charge in [-0.15, -0.1) is 0 Å². The smallest absolute Gasteiger partial charge is 0.106 e. The minimum Gasteiger partial charge on any atom is -0.384 e. The molecule has 58 valence electrons. The van der Waals surface area contributed by atoms with E-state index in [2.05, 4.69) is 32.3 Å². The van der Waals surface area contributed by atoms with Gasteiger partial charge in [0.1, 0.15) is 4.60 Å². The summed E-state index contributed by atoms with van der Waals surface area (Å²) in [6.45, 7) is 1.08. The van der Waals surface area contributed by atoms with Gasteiger partial charge in [-0.1, -0.05) is 0 Å². The van der Waals surface area contributed by atoms with Crippen LogP contribution in [0.3, 0.4) is 0 Å². The third-order valence-electron chi connectivity index (χ3n) is 1.85. The standard InChI is InChI=1S/C8H9BrN2/c9-8-4-3-6-7(11-8)2-1-5-10-6/h3-4,10H,1-2,5H2. The number of aromatic nitrogens is 1. The van der Waals surface area contributed by atoms with Gasteiger partial charge in [-0.2, -0.15) is 0 Å². The van der Waals surface area contributed by atoms with Gasteiger partial charge >= 0.3 is 0 Å². The van der Waals surface area contributed by atoms with Gasteiger partial charge in [0.15, 0.2) is 0 Å². The molecule has 2 rings (SSSR count). The normalized spacial score (nSPS) is 15.4. The lowest BCUT2D eigenvalue weighted by molar-refractivity contribution is 0.799. The molecule has 0 saturated heterocycles. The summed E-state index contributed by atoms with van der Waals surface area (Å²) in [6.07, 6.45) is 2.29. The highest BCUT2D eigenvalue weighted by atomic mass is 79.9. The summed E-state index contributed by atoms with van der Waals surface area (Å²) >= 11 is 3.35. The first-order valence-electron chi connectivity index (χ1n) is 3.75. The van der Waals surface area contributed by atoms with Gasteiger partial charge in [-0.3, -0.25) is 0 Å². The lowest BCUT2D eigenvalue weighted by Gasteiger charge is -2.16. The van der Waals surface area contributed by atoms with E-state index in [1.807, 2.05) is 6.07 Å². The predicted molar refractivity (Wildman–Crippen MR) is 48.7 cm³/mol. The Labute approximate surface area is 74.2 Å². The summed E-state index contributed by atoms with van der Waals surface area (Å²) in [6, 6.07) is 4.04. The molecule has 0 aromatic carbocycles. The molecule has 0 aliphatic carbocycles. The highest BCUT2D eigenvalue weighted by Crippen LogP contribution is 2.21. The zero-order valence-corrected chi connectivity index (χ0v) is 7.69. The first-order chi connectivity index (χ1) is 5.36. The number of hydrogen-bond donors (Lipinski definition) is 1. The van der Waals surface area contributed by atoms with E-state index < -0.39 is 0 Å². The molecule has 1 aromatic heterocycles. The molecule has 0 radical (unpaired) electrons. The molecule has 0 unspecified atom stereocenters. The van der Waals surface area contributed by atoms with E-state index >= 15 is 0 Å². The van der Waals surface area contributed by atoms with Crippen LogP contribution in [0.2, 0.25) is 0 Å². The fraction of sp³-hybridized carbons (Fsp3) is 0.375. The monoisotopic (exact) mass is 212 g/mol. The number of nitrogens with zero attached hydrogens (tertiary/aromatic N) is 1. The zero-order valence-electron chi connectivity index (χ0n) is 6.10. The molecule has 11 heavy (non-hydrogen) atoms. The van der Waals surface area contributed by atoms with E-state index in [-0.39, 0.29) is 0 Å². The number of nitrogens with one attached hydrogen (secondary N) is 1. The molecule has 2 nitrogen and oxygen atoms in total. The van der Waals surface area contributed by atoms with Crippen LogP contribution in [0.1, 0.15) is 12.1 Å². The van der Waals surface area contributed by atoms with Crippen LogP contribution in [0.4, 0.5) is 5.69 Å². The summed E-state index contributed by atoms with van der Waals surface area (Å²) in [5.41, 5.74) is 2.38. The molecule has 0 fully saturated rings. The van der Waals surface area contributed by atoms with Gasteiger partial charge in [0.05, 0.1) is 11.4 Å².